The van der Waals surface area contributed by atoms with Gasteiger partial charge in [-0.15, -0.1) is 0 Å². The van der Waals surface area contributed by atoms with E-state index >= 15 is 0 Å². The molecule has 1 fully saturated rings. The first-order chi connectivity index (χ1) is 10.2. The average molecular weight is 316 g/mol. The van der Waals surface area contributed by atoms with Crippen LogP contribution < -0.4 is 5.32 Å². The van der Waals surface area contributed by atoms with Gasteiger partial charge in [-0.25, -0.2) is 4.79 Å². The Balaban J connectivity index is 2.66. The summed E-state index contributed by atoms with van der Waals surface area (Å²) in [5, 5.41) is 3.57. The van der Waals surface area contributed by atoms with Crippen molar-refractivity contribution in [3.05, 3.63) is 0 Å². The van der Waals surface area contributed by atoms with Gasteiger partial charge >= 0.3 is 6.09 Å². The van der Waals surface area contributed by atoms with Crippen molar-refractivity contribution < 1.29 is 19.0 Å². The van der Waals surface area contributed by atoms with E-state index in [0.29, 0.717) is 25.6 Å². The highest BCUT2D eigenvalue weighted by atomic mass is 16.6. The lowest BCUT2D eigenvalue weighted by Crippen LogP contribution is -2.49. The van der Waals surface area contributed by atoms with Crippen LogP contribution in [0.1, 0.15) is 34.6 Å². The summed E-state index contributed by atoms with van der Waals surface area (Å²) < 4.78 is 16.3. The first-order valence-corrected chi connectivity index (χ1v) is 7.93. The Bertz CT molecular complexity index is 355. The van der Waals surface area contributed by atoms with Crippen molar-refractivity contribution in [1.29, 1.82) is 0 Å². The van der Waals surface area contributed by atoms with E-state index in [4.69, 9.17) is 14.2 Å². The molecule has 2 unspecified atom stereocenters. The third-order valence-electron chi connectivity index (χ3n) is 3.80. The van der Waals surface area contributed by atoms with E-state index in [9.17, 15) is 4.79 Å². The molecule has 1 heterocycles. The molecule has 1 N–H and O–H groups in total. The maximum Gasteiger partial charge on any atom is 0.410 e. The average Bonchev–Trinajstić information content (AvgIpc) is 2.79. The minimum Gasteiger partial charge on any atom is -0.444 e. The Kier molecular flexibility index (Phi) is 7.09. The van der Waals surface area contributed by atoms with Crippen LogP contribution in [-0.4, -0.2) is 68.7 Å². The normalized spacial score (nSPS) is 23.9. The van der Waals surface area contributed by atoms with E-state index < -0.39 is 5.60 Å². The van der Waals surface area contributed by atoms with E-state index in [1.165, 1.54) is 0 Å². The molecule has 6 nitrogen and oxygen atoms in total. The van der Waals surface area contributed by atoms with E-state index in [1.54, 1.807) is 19.1 Å². The molecule has 6 heteroatoms. The van der Waals surface area contributed by atoms with Crippen molar-refractivity contribution in [2.45, 2.75) is 58.4 Å². The van der Waals surface area contributed by atoms with Crippen molar-refractivity contribution >= 4 is 6.09 Å². The molecule has 1 saturated heterocycles. The molecule has 0 saturated carbocycles. The van der Waals surface area contributed by atoms with Gasteiger partial charge < -0.3 is 24.4 Å². The Morgan fingerprint density at radius 2 is 1.91 bits per heavy atom. The van der Waals surface area contributed by atoms with Crippen molar-refractivity contribution in [1.82, 2.24) is 10.2 Å². The van der Waals surface area contributed by atoms with Gasteiger partial charge in [0, 0.05) is 26.8 Å². The zero-order valence-electron chi connectivity index (χ0n) is 15.0. The first kappa shape index (κ1) is 19.2. The number of hydrogen-bond donors (Lipinski definition) is 1. The van der Waals surface area contributed by atoms with Gasteiger partial charge in [-0.2, -0.15) is 0 Å². The van der Waals surface area contributed by atoms with Gasteiger partial charge in [-0.3, -0.25) is 0 Å². The van der Waals surface area contributed by atoms with Crippen molar-refractivity contribution in [2.75, 3.05) is 33.9 Å². The number of methoxy groups -OCH3 is 2. The Morgan fingerprint density at radius 3 is 2.36 bits per heavy atom. The Hall–Kier alpha value is -0.850. The largest absolute Gasteiger partial charge is 0.444 e. The lowest BCUT2D eigenvalue weighted by molar-refractivity contribution is 0.0251. The molecule has 1 rings (SSSR count). The smallest absolute Gasteiger partial charge is 0.410 e. The topological polar surface area (TPSA) is 60.0 Å². The summed E-state index contributed by atoms with van der Waals surface area (Å²) in [5.41, 5.74) is -0.484. The summed E-state index contributed by atoms with van der Waals surface area (Å²) in [5.74, 6) is 0.438. The van der Waals surface area contributed by atoms with Crippen LogP contribution in [0.25, 0.3) is 0 Å². The number of ether oxygens (including phenoxy) is 3. The highest BCUT2D eigenvalue weighted by molar-refractivity contribution is 5.68. The Morgan fingerprint density at radius 1 is 1.27 bits per heavy atom. The third-order valence-corrected chi connectivity index (χ3v) is 3.80. The second-order valence-electron chi connectivity index (χ2n) is 7.24. The summed E-state index contributed by atoms with van der Waals surface area (Å²) in [6, 6.07) is 0.311. The maximum atomic E-state index is 12.2. The fraction of sp³-hybridized carbons (Fsp3) is 0.938. The molecule has 130 valence electrons. The second kappa shape index (κ2) is 8.13. The van der Waals surface area contributed by atoms with Crippen LogP contribution in [0.15, 0.2) is 0 Å². The van der Waals surface area contributed by atoms with Gasteiger partial charge in [0.1, 0.15) is 5.60 Å². The van der Waals surface area contributed by atoms with Gasteiger partial charge in [0.15, 0.2) is 0 Å². The number of carbonyl (C=O) groups excluding carboxylic acids is 1. The van der Waals surface area contributed by atoms with E-state index in [2.05, 4.69) is 19.2 Å². The zero-order chi connectivity index (χ0) is 16.9. The molecule has 0 aliphatic carbocycles. The minimum atomic E-state index is -0.484. The van der Waals surface area contributed by atoms with E-state index in [-0.39, 0.29) is 24.3 Å². The van der Waals surface area contributed by atoms with Crippen molar-refractivity contribution in [3.8, 4) is 0 Å². The molecular weight excluding hydrogens is 284 g/mol. The van der Waals surface area contributed by atoms with Gasteiger partial charge in [0.05, 0.1) is 25.3 Å². The van der Waals surface area contributed by atoms with Crippen LogP contribution in [0.2, 0.25) is 0 Å². The minimum absolute atomic E-state index is 0.0365. The van der Waals surface area contributed by atoms with Crippen LogP contribution >= 0.6 is 0 Å². The zero-order valence-corrected chi connectivity index (χ0v) is 15.0. The number of likely N-dealkylation sites (tertiary alicyclic amines) is 1. The molecule has 1 aliphatic rings. The number of amides is 1. The molecule has 1 amide bonds. The van der Waals surface area contributed by atoms with Crippen LogP contribution in [0.3, 0.4) is 0 Å². The number of nitrogens with zero attached hydrogens (tertiary/aromatic N) is 1. The van der Waals surface area contributed by atoms with E-state index in [1.807, 2.05) is 20.8 Å². The lowest BCUT2D eigenvalue weighted by Gasteiger charge is -2.28. The predicted molar refractivity (Wildman–Crippen MR) is 86.0 cm³/mol. The fourth-order valence-electron chi connectivity index (χ4n) is 2.54. The number of hydrogen-bond acceptors (Lipinski definition) is 5. The molecule has 3 atom stereocenters. The van der Waals surface area contributed by atoms with Gasteiger partial charge in [0.25, 0.3) is 0 Å². The number of nitrogens with one attached hydrogen (secondary N) is 1. The van der Waals surface area contributed by atoms with Gasteiger partial charge in [-0.05, 0) is 26.7 Å². The standard InChI is InChI=1S/C16H32N2O4/c1-11(2)13(10-20-6)17-12-8-18(9-14(12)21-7)15(19)22-16(3,4)5/h11-14,17H,8-10H2,1-7H3/t12?,13?,14-/m0/s1. The molecule has 1 aliphatic heterocycles. The summed E-state index contributed by atoms with van der Waals surface area (Å²) in [4.78, 5) is 13.9. The number of rotatable bonds is 6. The highest BCUT2D eigenvalue weighted by Gasteiger charge is 2.38. The summed E-state index contributed by atoms with van der Waals surface area (Å²) in [6.07, 6.45) is -0.322. The molecule has 0 aromatic heterocycles. The molecular formula is C16H32N2O4. The van der Waals surface area contributed by atoms with Gasteiger partial charge in [-0.1, -0.05) is 13.8 Å². The summed E-state index contributed by atoms with van der Waals surface area (Å²) in [6.45, 7) is 11.7. The van der Waals surface area contributed by atoms with Crippen LogP contribution in [0.4, 0.5) is 4.79 Å². The summed E-state index contributed by atoms with van der Waals surface area (Å²) in [7, 11) is 3.38. The molecule has 22 heavy (non-hydrogen) atoms. The summed E-state index contributed by atoms with van der Waals surface area (Å²) >= 11 is 0. The van der Waals surface area contributed by atoms with Crippen LogP contribution in [0.5, 0.6) is 0 Å². The SMILES string of the molecule is COCC(NC1CN(C(=O)OC(C)(C)C)C[C@@H]1OC)C(C)C. The van der Waals surface area contributed by atoms with Gasteiger partial charge in [0.2, 0.25) is 0 Å². The number of carbonyl (C=O) groups is 1. The van der Waals surface area contributed by atoms with E-state index in [0.717, 1.165) is 0 Å². The Labute approximate surface area is 134 Å². The highest BCUT2D eigenvalue weighted by Crippen LogP contribution is 2.19. The van der Waals surface area contributed by atoms with Crippen molar-refractivity contribution in [3.63, 3.8) is 0 Å². The molecule has 0 radical (unpaired) electrons. The quantitative estimate of drug-likeness (QED) is 0.811. The molecule has 0 spiro atoms. The maximum absolute atomic E-state index is 12.2. The van der Waals surface area contributed by atoms with Crippen molar-refractivity contribution in [2.24, 2.45) is 5.92 Å². The fourth-order valence-corrected chi connectivity index (χ4v) is 2.54. The van der Waals surface area contributed by atoms with Crippen LogP contribution in [-0.2, 0) is 14.2 Å². The monoisotopic (exact) mass is 316 g/mol. The lowest BCUT2D eigenvalue weighted by atomic mass is 10.0. The predicted octanol–water partition coefficient (Wildman–Crippen LogP) is 1.88. The molecule has 0 bridgehead atoms. The molecule has 0 aromatic carbocycles. The van der Waals surface area contributed by atoms with Crippen LogP contribution in [0, 0.1) is 5.92 Å². The molecule has 0 aromatic rings. The second-order valence-corrected chi connectivity index (χ2v) is 7.24. The third kappa shape index (κ3) is 5.74. The first-order valence-electron chi connectivity index (χ1n) is 7.93.